The van der Waals surface area contributed by atoms with Crippen LogP contribution < -0.4 is 0 Å². The third-order valence-corrected chi connectivity index (χ3v) is 4.54. The Kier molecular flexibility index (Phi) is 2.93. The number of nitrogens with zero attached hydrogens (tertiary/aromatic N) is 1. The summed E-state index contributed by atoms with van der Waals surface area (Å²) in [6, 6.07) is 11.1. The molecule has 0 unspecified atom stereocenters. The van der Waals surface area contributed by atoms with Crippen molar-refractivity contribution in [3.8, 4) is 5.69 Å². The Morgan fingerprint density at radius 2 is 1.95 bits per heavy atom. The molecule has 4 heteroatoms. The summed E-state index contributed by atoms with van der Waals surface area (Å²) in [7, 11) is 0. The van der Waals surface area contributed by atoms with E-state index in [4.69, 9.17) is 12.2 Å². The predicted octanol–water partition coefficient (Wildman–Crippen LogP) is 4.71. The summed E-state index contributed by atoms with van der Waals surface area (Å²) in [6.07, 6.45) is 4.63. The lowest BCUT2D eigenvalue weighted by molar-refractivity contribution is 0.629. The molecular formula is C17H15FN2S. The highest BCUT2D eigenvalue weighted by atomic mass is 32.1. The van der Waals surface area contributed by atoms with Gasteiger partial charge < -0.3 is 4.98 Å². The molecule has 0 radical (unpaired) electrons. The second-order valence-corrected chi connectivity index (χ2v) is 5.94. The molecule has 0 fully saturated rings. The maximum absolute atomic E-state index is 13.6. The fourth-order valence-electron chi connectivity index (χ4n) is 3.29. The number of nitrogens with one attached hydrogen (secondary N) is 1. The van der Waals surface area contributed by atoms with Crippen molar-refractivity contribution in [1.82, 2.24) is 9.55 Å². The molecule has 1 aliphatic rings. The molecule has 1 heterocycles. The Labute approximate surface area is 127 Å². The lowest BCUT2D eigenvalue weighted by Crippen LogP contribution is -2.08. The summed E-state index contributed by atoms with van der Waals surface area (Å²) in [4.78, 5) is 3.17. The maximum atomic E-state index is 13.6. The van der Waals surface area contributed by atoms with Crippen molar-refractivity contribution >= 4 is 23.3 Å². The Bertz CT molecular complexity index is 891. The summed E-state index contributed by atoms with van der Waals surface area (Å²) in [6.45, 7) is 0. The van der Waals surface area contributed by atoms with E-state index < -0.39 is 0 Å². The zero-order valence-corrected chi connectivity index (χ0v) is 12.3. The minimum absolute atomic E-state index is 0.241. The third-order valence-electron chi connectivity index (χ3n) is 4.26. The van der Waals surface area contributed by atoms with Crippen molar-refractivity contribution in [3.63, 3.8) is 0 Å². The molecule has 2 aromatic carbocycles. The first-order valence-electron chi connectivity index (χ1n) is 7.25. The summed E-state index contributed by atoms with van der Waals surface area (Å²) in [5.74, 6) is -0.241. The van der Waals surface area contributed by atoms with E-state index in [1.54, 1.807) is 12.1 Å². The summed E-state index contributed by atoms with van der Waals surface area (Å²) in [5, 5.41) is 0. The molecule has 106 valence electrons. The van der Waals surface area contributed by atoms with Crippen LogP contribution in [0.3, 0.4) is 0 Å². The summed E-state index contributed by atoms with van der Waals surface area (Å²) in [5.41, 5.74) is 5.51. The van der Waals surface area contributed by atoms with Crippen LogP contribution in [0.15, 0.2) is 36.4 Å². The van der Waals surface area contributed by atoms with Gasteiger partial charge in [-0.1, -0.05) is 12.1 Å². The van der Waals surface area contributed by atoms with Gasteiger partial charge in [-0.3, -0.25) is 4.57 Å². The zero-order chi connectivity index (χ0) is 14.4. The molecule has 1 aliphatic carbocycles. The van der Waals surface area contributed by atoms with Crippen LogP contribution in [0.2, 0.25) is 0 Å². The van der Waals surface area contributed by atoms with E-state index in [2.05, 4.69) is 23.2 Å². The zero-order valence-electron chi connectivity index (χ0n) is 11.5. The normalized spacial score (nSPS) is 14.3. The van der Waals surface area contributed by atoms with Gasteiger partial charge in [0.05, 0.1) is 16.7 Å². The molecule has 3 aromatic rings. The molecule has 1 aromatic heterocycles. The van der Waals surface area contributed by atoms with Crippen molar-refractivity contribution in [2.24, 2.45) is 0 Å². The number of rotatable bonds is 1. The molecule has 1 N–H and O–H groups in total. The molecule has 21 heavy (non-hydrogen) atoms. The molecule has 0 saturated carbocycles. The molecule has 2 nitrogen and oxygen atoms in total. The number of benzene rings is 2. The van der Waals surface area contributed by atoms with Crippen molar-refractivity contribution in [2.45, 2.75) is 25.7 Å². The second kappa shape index (κ2) is 4.81. The number of aromatic nitrogens is 2. The fraction of sp³-hybridized carbons (Fsp3) is 0.235. The molecule has 0 saturated heterocycles. The maximum Gasteiger partial charge on any atom is 0.182 e. The number of imidazole rings is 1. The smallest absolute Gasteiger partial charge is 0.182 e. The van der Waals surface area contributed by atoms with E-state index in [9.17, 15) is 4.39 Å². The van der Waals surface area contributed by atoms with Gasteiger partial charge >= 0.3 is 0 Å². The van der Waals surface area contributed by atoms with E-state index in [0.717, 1.165) is 29.6 Å². The molecule has 0 spiro atoms. The SMILES string of the molecule is Fc1ccc2[nH]c(=S)n(-c3cccc4c3CCCC4)c2c1. The van der Waals surface area contributed by atoms with Crippen LogP contribution in [-0.4, -0.2) is 9.55 Å². The number of hydrogen-bond acceptors (Lipinski definition) is 1. The number of H-pyrrole nitrogens is 1. The molecule has 0 atom stereocenters. The van der Waals surface area contributed by atoms with Gasteiger partial charge in [0, 0.05) is 6.07 Å². The van der Waals surface area contributed by atoms with Gasteiger partial charge in [-0.15, -0.1) is 0 Å². The highest BCUT2D eigenvalue weighted by Gasteiger charge is 2.16. The standard InChI is InChI=1S/C17H15FN2S/c18-12-8-9-14-16(10-12)20(17(21)19-14)15-7-3-5-11-4-1-2-6-13(11)15/h3,5,7-10H,1-2,4,6H2,(H,19,21). The first-order chi connectivity index (χ1) is 10.2. The topological polar surface area (TPSA) is 20.7 Å². The molecule has 0 amide bonds. The van der Waals surface area contributed by atoms with Crippen LogP contribution in [0.4, 0.5) is 4.39 Å². The van der Waals surface area contributed by atoms with E-state index in [1.807, 2.05) is 4.57 Å². The van der Waals surface area contributed by atoms with Crippen LogP contribution in [0, 0.1) is 10.6 Å². The fourth-order valence-corrected chi connectivity index (χ4v) is 3.59. The quantitative estimate of drug-likeness (QED) is 0.645. The van der Waals surface area contributed by atoms with Gasteiger partial charge in [0.1, 0.15) is 5.82 Å². The van der Waals surface area contributed by atoms with Crippen LogP contribution >= 0.6 is 12.2 Å². The van der Waals surface area contributed by atoms with Crippen molar-refractivity contribution in [1.29, 1.82) is 0 Å². The van der Waals surface area contributed by atoms with E-state index in [0.29, 0.717) is 4.77 Å². The van der Waals surface area contributed by atoms with Crippen LogP contribution in [-0.2, 0) is 12.8 Å². The second-order valence-electron chi connectivity index (χ2n) is 5.55. The number of hydrogen-bond donors (Lipinski definition) is 1. The average molecular weight is 298 g/mol. The van der Waals surface area contributed by atoms with Gasteiger partial charge in [-0.25, -0.2) is 4.39 Å². The highest BCUT2D eigenvalue weighted by molar-refractivity contribution is 7.71. The summed E-state index contributed by atoms with van der Waals surface area (Å²) >= 11 is 5.47. The Balaban J connectivity index is 2.05. The number of aromatic amines is 1. The van der Waals surface area contributed by atoms with Crippen molar-refractivity contribution < 1.29 is 4.39 Å². The van der Waals surface area contributed by atoms with Gasteiger partial charge in [-0.05, 0) is 67.2 Å². The summed E-state index contributed by atoms with van der Waals surface area (Å²) < 4.78 is 16.2. The molecule has 4 rings (SSSR count). The lowest BCUT2D eigenvalue weighted by atomic mass is 9.90. The number of fused-ring (bicyclic) bond motifs is 2. The lowest BCUT2D eigenvalue weighted by Gasteiger charge is -2.20. The number of halogens is 1. The monoisotopic (exact) mass is 298 g/mol. The van der Waals surface area contributed by atoms with Gasteiger partial charge in [0.25, 0.3) is 0 Å². The van der Waals surface area contributed by atoms with E-state index in [1.165, 1.54) is 30.0 Å². The van der Waals surface area contributed by atoms with Crippen molar-refractivity contribution in [3.05, 3.63) is 58.1 Å². The number of aryl methyl sites for hydroxylation is 1. The molecular weight excluding hydrogens is 283 g/mol. The Morgan fingerprint density at radius 3 is 2.86 bits per heavy atom. The predicted molar refractivity (Wildman–Crippen MR) is 85.1 cm³/mol. The first kappa shape index (κ1) is 12.8. The van der Waals surface area contributed by atoms with Crippen molar-refractivity contribution in [2.75, 3.05) is 0 Å². The van der Waals surface area contributed by atoms with Gasteiger partial charge in [-0.2, -0.15) is 0 Å². The van der Waals surface area contributed by atoms with Gasteiger partial charge in [0.15, 0.2) is 4.77 Å². The minimum Gasteiger partial charge on any atom is -0.330 e. The molecule has 0 bridgehead atoms. The van der Waals surface area contributed by atoms with Crippen LogP contribution in [0.1, 0.15) is 24.0 Å². The highest BCUT2D eigenvalue weighted by Crippen LogP contribution is 2.29. The minimum atomic E-state index is -0.241. The largest absolute Gasteiger partial charge is 0.330 e. The Hall–Kier alpha value is -1.94. The van der Waals surface area contributed by atoms with E-state index >= 15 is 0 Å². The first-order valence-corrected chi connectivity index (χ1v) is 7.66. The van der Waals surface area contributed by atoms with Crippen LogP contribution in [0.25, 0.3) is 16.7 Å². The average Bonchev–Trinajstić information content (AvgIpc) is 2.82. The van der Waals surface area contributed by atoms with Gasteiger partial charge in [0.2, 0.25) is 0 Å². The molecule has 0 aliphatic heterocycles. The Morgan fingerprint density at radius 1 is 1.10 bits per heavy atom. The third kappa shape index (κ3) is 2.02. The van der Waals surface area contributed by atoms with Crippen LogP contribution in [0.5, 0.6) is 0 Å². The van der Waals surface area contributed by atoms with E-state index in [-0.39, 0.29) is 5.82 Å².